The van der Waals surface area contributed by atoms with Gasteiger partial charge in [0.25, 0.3) is 5.56 Å². The molecule has 0 saturated carbocycles. The summed E-state index contributed by atoms with van der Waals surface area (Å²) in [6, 6.07) is 0.334. The fourth-order valence-electron chi connectivity index (χ4n) is 1.06. The van der Waals surface area contributed by atoms with Gasteiger partial charge in [-0.3, -0.25) is 14.9 Å². The van der Waals surface area contributed by atoms with Crippen LogP contribution < -0.4 is 10.3 Å². The standard InChI is InChI=1S/C7H5F3N2O5/c8-7(9,10)17-6-3(2-13)11-5(14)1-4(6)12(15)16/h1,13H,2H2,(H,11,14). The smallest absolute Gasteiger partial charge is 0.396 e. The van der Waals surface area contributed by atoms with Crippen molar-refractivity contribution in [3.8, 4) is 5.75 Å². The number of rotatable bonds is 3. The largest absolute Gasteiger partial charge is 0.573 e. The highest BCUT2D eigenvalue weighted by Gasteiger charge is 2.36. The molecule has 0 unspecified atom stereocenters. The van der Waals surface area contributed by atoms with Crippen LogP contribution in [0.4, 0.5) is 18.9 Å². The molecule has 17 heavy (non-hydrogen) atoms. The van der Waals surface area contributed by atoms with E-state index in [9.17, 15) is 28.1 Å². The van der Waals surface area contributed by atoms with Gasteiger partial charge in [-0.15, -0.1) is 13.2 Å². The predicted molar refractivity (Wildman–Crippen MR) is 46.3 cm³/mol. The van der Waals surface area contributed by atoms with Gasteiger partial charge in [0.2, 0.25) is 5.75 Å². The molecule has 0 spiro atoms. The quantitative estimate of drug-likeness (QED) is 0.609. The van der Waals surface area contributed by atoms with Crippen LogP contribution >= 0.6 is 0 Å². The minimum absolute atomic E-state index is 0.334. The van der Waals surface area contributed by atoms with E-state index in [-0.39, 0.29) is 0 Å². The summed E-state index contributed by atoms with van der Waals surface area (Å²) < 4.78 is 39.3. The molecule has 1 rings (SSSR count). The Kier molecular flexibility index (Phi) is 3.36. The lowest BCUT2D eigenvalue weighted by atomic mass is 10.3. The van der Waals surface area contributed by atoms with E-state index in [1.54, 1.807) is 0 Å². The van der Waals surface area contributed by atoms with Gasteiger partial charge in [0.15, 0.2) is 0 Å². The highest BCUT2D eigenvalue weighted by Crippen LogP contribution is 2.32. The number of hydrogen-bond donors (Lipinski definition) is 2. The average Bonchev–Trinajstić information content (AvgIpc) is 2.17. The van der Waals surface area contributed by atoms with Crippen LogP contribution in [0.25, 0.3) is 0 Å². The van der Waals surface area contributed by atoms with Crippen LogP contribution in [0.2, 0.25) is 0 Å². The van der Waals surface area contributed by atoms with Gasteiger partial charge in [0.05, 0.1) is 23.3 Å². The van der Waals surface area contributed by atoms with Crippen molar-refractivity contribution in [2.45, 2.75) is 13.0 Å². The number of ether oxygens (including phenoxy) is 1. The van der Waals surface area contributed by atoms with Gasteiger partial charge in [0, 0.05) is 0 Å². The molecule has 0 aromatic carbocycles. The van der Waals surface area contributed by atoms with E-state index in [2.05, 4.69) is 4.74 Å². The number of nitrogens with one attached hydrogen (secondary N) is 1. The zero-order valence-electron chi connectivity index (χ0n) is 7.95. The Labute approximate surface area is 90.6 Å². The van der Waals surface area contributed by atoms with Crippen LogP contribution in [0, 0.1) is 10.1 Å². The predicted octanol–water partition coefficient (Wildman–Crippen LogP) is 0.674. The summed E-state index contributed by atoms with van der Waals surface area (Å²) in [5, 5.41) is 19.2. The van der Waals surface area contributed by atoms with Gasteiger partial charge in [-0.25, -0.2) is 0 Å². The first kappa shape index (κ1) is 13.0. The summed E-state index contributed by atoms with van der Waals surface area (Å²) in [5.41, 5.74) is -2.91. The summed E-state index contributed by atoms with van der Waals surface area (Å²) in [4.78, 5) is 21.9. The second-order valence-electron chi connectivity index (χ2n) is 2.79. The molecule has 0 saturated heterocycles. The summed E-state index contributed by atoms with van der Waals surface area (Å²) in [6.45, 7) is -1.04. The molecule has 7 nitrogen and oxygen atoms in total. The molecular weight excluding hydrogens is 249 g/mol. The Morgan fingerprint density at radius 2 is 2.12 bits per heavy atom. The third-order valence-corrected chi connectivity index (χ3v) is 1.62. The Morgan fingerprint density at radius 3 is 2.53 bits per heavy atom. The van der Waals surface area contributed by atoms with Crippen LogP contribution in [0.1, 0.15) is 5.69 Å². The van der Waals surface area contributed by atoms with Crippen LogP contribution in [0.15, 0.2) is 10.9 Å². The van der Waals surface area contributed by atoms with Gasteiger partial charge < -0.3 is 14.8 Å². The van der Waals surface area contributed by atoms with Gasteiger partial charge in [-0.1, -0.05) is 0 Å². The Morgan fingerprint density at radius 1 is 1.53 bits per heavy atom. The van der Waals surface area contributed by atoms with Gasteiger partial charge in [-0.05, 0) is 0 Å². The summed E-state index contributed by atoms with van der Waals surface area (Å²) in [5.74, 6) is -1.23. The van der Waals surface area contributed by atoms with Gasteiger partial charge >= 0.3 is 12.0 Å². The summed E-state index contributed by atoms with van der Waals surface area (Å²) in [6.07, 6.45) is -5.17. The molecule has 2 N–H and O–H groups in total. The highest BCUT2D eigenvalue weighted by atomic mass is 19.4. The third-order valence-electron chi connectivity index (χ3n) is 1.62. The van der Waals surface area contributed by atoms with Gasteiger partial charge in [-0.2, -0.15) is 0 Å². The number of aromatic nitrogens is 1. The molecule has 0 amide bonds. The van der Waals surface area contributed by atoms with Crippen LogP contribution in [-0.4, -0.2) is 21.4 Å². The van der Waals surface area contributed by atoms with E-state index in [0.29, 0.717) is 6.07 Å². The molecule has 1 aromatic rings. The van der Waals surface area contributed by atoms with E-state index >= 15 is 0 Å². The van der Waals surface area contributed by atoms with Crippen molar-refractivity contribution in [2.24, 2.45) is 0 Å². The van der Waals surface area contributed by atoms with E-state index in [1.807, 2.05) is 4.98 Å². The molecule has 1 aromatic heterocycles. The van der Waals surface area contributed by atoms with Crippen molar-refractivity contribution >= 4 is 5.69 Å². The lowest BCUT2D eigenvalue weighted by molar-refractivity contribution is -0.389. The second-order valence-corrected chi connectivity index (χ2v) is 2.79. The first-order chi connectivity index (χ1) is 7.74. The molecular formula is C7H5F3N2O5. The molecule has 0 aliphatic carbocycles. The number of nitro groups is 1. The van der Waals surface area contributed by atoms with E-state index in [0.717, 1.165) is 0 Å². The number of alkyl halides is 3. The van der Waals surface area contributed by atoms with Crippen molar-refractivity contribution < 1.29 is 27.9 Å². The normalized spacial score (nSPS) is 11.3. The third kappa shape index (κ3) is 3.17. The molecule has 0 aliphatic heterocycles. The zero-order chi connectivity index (χ0) is 13.2. The molecule has 10 heteroatoms. The maximum absolute atomic E-state index is 12.0. The fraction of sp³-hybridized carbons (Fsp3) is 0.286. The molecule has 0 radical (unpaired) electrons. The lowest BCUT2D eigenvalue weighted by Crippen LogP contribution is -2.21. The fourth-order valence-corrected chi connectivity index (χ4v) is 1.06. The lowest BCUT2D eigenvalue weighted by Gasteiger charge is -2.11. The number of aromatic amines is 1. The molecule has 0 fully saturated rings. The summed E-state index contributed by atoms with van der Waals surface area (Å²) >= 11 is 0. The number of halogens is 3. The first-order valence-electron chi connectivity index (χ1n) is 4.02. The van der Waals surface area contributed by atoms with Gasteiger partial charge in [0.1, 0.15) is 0 Å². The maximum Gasteiger partial charge on any atom is 0.573 e. The van der Waals surface area contributed by atoms with Crippen molar-refractivity contribution in [1.29, 1.82) is 0 Å². The number of H-pyrrole nitrogens is 1. The van der Waals surface area contributed by atoms with Crippen LogP contribution in [-0.2, 0) is 6.61 Å². The van der Waals surface area contributed by atoms with Crippen molar-refractivity contribution in [2.75, 3.05) is 0 Å². The SMILES string of the molecule is O=c1cc([N+](=O)[O-])c(OC(F)(F)F)c(CO)[nH]1. The number of aliphatic hydroxyl groups excluding tert-OH is 1. The van der Waals surface area contributed by atoms with Crippen LogP contribution in [0.5, 0.6) is 5.75 Å². The summed E-state index contributed by atoms with van der Waals surface area (Å²) in [7, 11) is 0. The zero-order valence-corrected chi connectivity index (χ0v) is 7.95. The first-order valence-corrected chi connectivity index (χ1v) is 4.02. The topological polar surface area (TPSA) is 105 Å². The Bertz CT molecular complexity index is 495. The van der Waals surface area contributed by atoms with Crippen molar-refractivity contribution in [3.05, 3.63) is 32.2 Å². The maximum atomic E-state index is 12.0. The minimum Gasteiger partial charge on any atom is -0.396 e. The number of hydrogen-bond acceptors (Lipinski definition) is 5. The number of aliphatic hydroxyl groups is 1. The number of pyridine rings is 1. The van der Waals surface area contributed by atoms with E-state index in [1.165, 1.54) is 0 Å². The number of nitrogens with zero attached hydrogens (tertiary/aromatic N) is 1. The Hall–Kier alpha value is -2.10. The minimum atomic E-state index is -5.17. The Balaban J connectivity index is 3.42. The molecule has 1 heterocycles. The second kappa shape index (κ2) is 4.41. The van der Waals surface area contributed by atoms with E-state index < -0.39 is 40.6 Å². The van der Waals surface area contributed by atoms with E-state index in [4.69, 9.17) is 5.11 Å². The van der Waals surface area contributed by atoms with Crippen LogP contribution in [0.3, 0.4) is 0 Å². The van der Waals surface area contributed by atoms with Crippen molar-refractivity contribution in [3.63, 3.8) is 0 Å². The monoisotopic (exact) mass is 254 g/mol. The molecule has 0 aliphatic rings. The average molecular weight is 254 g/mol. The highest BCUT2D eigenvalue weighted by molar-refractivity contribution is 5.48. The molecule has 0 atom stereocenters. The molecule has 94 valence electrons. The molecule has 0 bridgehead atoms. The van der Waals surface area contributed by atoms with Crippen molar-refractivity contribution in [1.82, 2.24) is 4.98 Å².